The number of hydrogen-bond acceptors (Lipinski definition) is 2. The van der Waals surface area contributed by atoms with Crippen LogP contribution in [-0.2, 0) is 0 Å². The quantitative estimate of drug-likeness (QED) is 0.492. The van der Waals surface area contributed by atoms with Crippen LogP contribution in [0, 0.1) is 23.3 Å². The summed E-state index contributed by atoms with van der Waals surface area (Å²) in [6, 6.07) is 5.56. The number of nitrogens with one attached hydrogen (secondary N) is 1. The molecule has 0 saturated heterocycles. The number of rotatable bonds is 3. The molecule has 0 heterocycles. The molecular formula is C14H8BrF4NO2. The first kappa shape index (κ1) is 16.3. The second-order valence-electron chi connectivity index (χ2n) is 4.13. The maximum absolute atomic E-state index is 13.7. The van der Waals surface area contributed by atoms with Crippen molar-refractivity contribution in [1.29, 1.82) is 0 Å². The molecule has 0 atom stereocenters. The Morgan fingerprint density at radius 2 is 1.50 bits per heavy atom. The van der Waals surface area contributed by atoms with Crippen molar-refractivity contribution in [2.75, 3.05) is 12.4 Å². The maximum Gasteiger partial charge on any atom is 0.255 e. The molecule has 0 fully saturated rings. The van der Waals surface area contributed by atoms with E-state index in [4.69, 9.17) is 4.74 Å². The summed E-state index contributed by atoms with van der Waals surface area (Å²) >= 11 is 2.39. The molecule has 116 valence electrons. The average Bonchev–Trinajstić information content (AvgIpc) is 2.55. The number of halogens is 5. The highest BCUT2D eigenvalue weighted by Crippen LogP contribution is 2.31. The Bertz CT molecular complexity index is 706. The minimum absolute atomic E-state index is 0.0309. The maximum atomic E-state index is 13.7. The lowest BCUT2D eigenvalue weighted by Gasteiger charge is -2.10. The number of benzene rings is 2. The zero-order valence-corrected chi connectivity index (χ0v) is 12.6. The molecule has 2 aromatic rings. The summed E-state index contributed by atoms with van der Waals surface area (Å²) in [4.78, 5) is 11.9. The fourth-order valence-corrected chi connectivity index (χ4v) is 1.99. The van der Waals surface area contributed by atoms with Gasteiger partial charge in [-0.25, -0.2) is 17.6 Å². The van der Waals surface area contributed by atoms with Gasteiger partial charge in [0.25, 0.3) is 5.91 Å². The first-order chi connectivity index (χ1) is 10.4. The van der Waals surface area contributed by atoms with Crippen molar-refractivity contribution in [1.82, 2.24) is 0 Å². The Hall–Kier alpha value is -2.09. The summed E-state index contributed by atoms with van der Waals surface area (Å²) in [6.45, 7) is 0. The lowest BCUT2D eigenvalue weighted by molar-refractivity contribution is 0.102. The standard InChI is InChI=1S/C14H8BrF4NO2/c1-22-7-4-2-6(3-5-7)14(21)20-13-11(18)9(16)8(15)10(17)12(13)19/h2-5H,1H3,(H,20,21). The van der Waals surface area contributed by atoms with Crippen molar-refractivity contribution in [2.45, 2.75) is 0 Å². The first-order valence-electron chi connectivity index (χ1n) is 5.83. The lowest BCUT2D eigenvalue weighted by atomic mass is 10.2. The van der Waals surface area contributed by atoms with Crippen LogP contribution in [0.4, 0.5) is 23.2 Å². The summed E-state index contributed by atoms with van der Waals surface area (Å²) in [6.07, 6.45) is 0. The van der Waals surface area contributed by atoms with Crippen molar-refractivity contribution in [2.24, 2.45) is 0 Å². The van der Waals surface area contributed by atoms with Crippen LogP contribution in [0.1, 0.15) is 10.4 Å². The van der Waals surface area contributed by atoms with Gasteiger partial charge < -0.3 is 10.1 Å². The van der Waals surface area contributed by atoms with Crippen molar-refractivity contribution >= 4 is 27.5 Å². The predicted octanol–water partition coefficient (Wildman–Crippen LogP) is 4.27. The smallest absolute Gasteiger partial charge is 0.255 e. The fourth-order valence-electron chi connectivity index (χ4n) is 1.64. The fraction of sp³-hybridized carbons (Fsp3) is 0.0714. The number of carbonyl (C=O) groups excluding carboxylic acids is 1. The van der Waals surface area contributed by atoms with Crippen molar-refractivity contribution in [3.8, 4) is 5.75 Å². The van der Waals surface area contributed by atoms with Gasteiger partial charge in [0.05, 0.1) is 11.6 Å². The number of methoxy groups -OCH3 is 1. The number of anilines is 1. The van der Waals surface area contributed by atoms with Crippen LogP contribution < -0.4 is 10.1 Å². The third-order valence-electron chi connectivity index (χ3n) is 2.80. The Labute approximate surface area is 131 Å². The minimum Gasteiger partial charge on any atom is -0.497 e. The Morgan fingerprint density at radius 3 is 1.95 bits per heavy atom. The molecule has 22 heavy (non-hydrogen) atoms. The van der Waals surface area contributed by atoms with Crippen LogP contribution in [-0.4, -0.2) is 13.0 Å². The molecule has 0 saturated carbocycles. The van der Waals surface area contributed by atoms with Gasteiger partial charge in [-0.1, -0.05) is 0 Å². The molecule has 1 amide bonds. The Morgan fingerprint density at radius 1 is 1.00 bits per heavy atom. The molecule has 2 aromatic carbocycles. The highest BCUT2D eigenvalue weighted by molar-refractivity contribution is 9.10. The van der Waals surface area contributed by atoms with Gasteiger partial charge in [-0.05, 0) is 40.2 Å². The molecule has 1 N–H and O–H groups in total. The lowest BCUT2D eigenvalue weighted by Crippen LogP contribution is -2.16. The van der Waals surface area contributed by atoms with E-state index in [2.05, 4.69) is 15.9 Å². The van der Waals surface area contributed by atoms with E-state index in [1.54, 1.807) is 0 Å². The normalized spacial score (nSPS) is 10.5. The molecule has 0 unspecified atom stereocenters. The van der Waals surface area contributed by atoms with Crippen molar-refractivity contribution in [3.05, 3.63) is 57.6 Å². The van der Waals surface area contributed by atoms with Crippen LogP contribution in [0.3, 0.4) is 0 Å². The van der Waals surface area contributed by atoms with Crippen LogP contribution in [0.2, 0.25) is 0 Å². The predicted molar refractivity (Wildman–Crippen MR) is 74.9 cm³/mol. The van der Waals surface area contributed by atoms with E-state index in [0.29, 0.717) is 5.75 Å². The van der Waals surface area contributed by atoms with E-state index in [-0.39, 0.29) is 5.56 Å². The molecule has 2 rings (SSSR count). The second-order valence-corrected chi connectivity index (χ2v) is 4.92. The molecule has 0 aliphatic rings. The van der Waals surface area contributed by atoms with Crippen LogP contribution in [0.25, 0.3) is 0 Å². The number of carbonyl (C=O) groups is 1. The largest absolute Gasteiger partial charge is 0.497 e. The van der Waals surface area contributed by atoms with E-state index in [9.17, 15) is 22.4 Å². The van der Waals surface area contributed by atoms with Crippen molar-refractivity contribution in [3.63, 3.8) is 0 Å². The number of hydrogen-bond donors (Lipinski definition) is 1. The van der Waals surface area contributed by atoms with Gasteiger partial charge in [-0.15, -0.1) is 0 Å². The van der Waals surface area contributed by atoms with Gasteiger partial charge in [0.1, 0.15) is 11.4 Å². The molecule has 0 aliphatic heterocycles. The van der Waals surface area contributed by atoms with Gasteiger partial charge in [0.15, 0.2) is 23.3 Å². The number of amides is 1. The van der Waals surface area contributed by atoms with Crippen LogP contribution in [0.5, 0.6) is 5.75 Å². The summed E-state index contributed by atoms with van der Waals surface area (Å²) < 4.78 is 58.0. The first-order valence-corrected chi connectivity index (χ1v) is 6.63. The summed E-state index contributed by atoms with van der Waals surface area (Å²) in [5.74, 6) is -7.13. The van der Waals surface area contributed by atoms with Crippen molar-refractivity contribution < 1.29 is 27.1 Å². The molecule has 3 nitrogen and oxygen atoms in total. The third-order valence-corrected chi connectivity index (χ3v) is 3.50. The average molecular weight is 378 g/mol. The van der Waals surface area contributed by atoms with E-state index in [1.165, 1.54) is 31.4 Å². The molecule has 0 bridgehead atoms. The molecule has 0 spiro atoms. The van der Waals surface area contributed by atoms with Crippen LogP contribution in [0.15, 0.2) is 28.7 Å². The summed E-state index contributed by atoms with van der Waals surface area (Å²) in [7, 11) is 1.42. The monoisotopic (exact) mass is 377 g/mol. The van der Waals surface area contributed by atoms with Crippen LogP contribution >= 0.6 is 15.9 Å². The van der Waals surface area contributed by atoms with Gasteiger partial charge in [-0.2, -0.15) is 0 Å². The van der Waals surface area contributed by atoms with E-state index < -0.39 is 39.3 Å². The zero-order valence-electron chi connectivity index (χ0n) is 11.0. The van der Waals surface area contributed by atoms with Gasteiger partial charge in [0.2, 0.25) is 0 Å². The molecule has 0 radical (unpaired) electrons. The zero-order chi connectivity index (χ0) is 16.4. The van der Waals surface area contributed by atoms with E-state index in [0.717, 1.165) is 0 Å². The Kier molecular flexibility index (Phi) is 4.70. The summed E-state index contributed by atoms with van der Waals surface area (Å²) in [5, 5.41) is 1.81. The SMILES string of the molecule is COc1ccc(C(=O)Nc2c(F)c(F)c(Br)c(F)c2F)cc1. The third kappa shape index (κ3) is 2.92. The number of ether oxygens (including phenoxy) is 1. The van der Waals surface area contributed by atoms with E-state index >= 15 is 0 Å². The van der Waals surface area contributed by atoms with Gasteiger partial charge in [0, 0.05) is 5.56 Å². The highest BCUT2D eigenvalue weighted by Gasteiger charge is 2.25. The minimum atomic E-state index is -1.70. The molecule has 0 aromatic heterocycles. The molecule has 8 heteroatoms. The molecular weight excluding hydrogens is 370 g/mol. The molecule has 0 aliphatic carbocycles. The van der Waals surface area contributed by atoms with Gasteiger partial charge >= 0.3 is 0 Å². The highest BCUT2D eigenvalue weighted by atomic mass is 79.9. The topological polar surface area (TPSA) is 38.3 Å². The second kappa shape index (κ2) is 6.35. The Balaban J connectivity index is 2.36. The van der Waals surface area contributed by atoms with E-state index in [1.807, 2.05) is 5.32 Å². The summed E-state index contributed by atoms with van der Waals surface area (Å²) in [5.41, 5.74) is -1.16. The van der Waals surface area contributed by atoms with Gasteiger partial charge in [-0.3, -0.25) is 4.79 Å².